The van der Waals surface area contributed by atoms with E-state index in [1.807, 2.05) is 0 Å². The average molecular weight is 243 g/mol. The van der Waals surface area contributed by atoms with Crippen molar-refractivity contribution in [2.75, 3.05) is 54.0 Å². The molecule has 0 aliphatic carbocycles. The van der Waals surface area contributed by atoms with Crippen LogP contribution < -0.4 is 5.32 Å². The molecule has 0 saturated carbocycles. The van der Waals surface area contributed by atoms with Crippen molar-refractivity contribution in [2.24, 2.45) is 0 Å². The van der Waals surface area contributed by atoms with Gasteiger partial charge in [-0.2, -0.15) is 0 Å². The van der Waals surface area contributed by atoms with Gasteiger partial charge in [0, 0.05) is 38.8 Å². The third-order valence-electron chi connectivity index (χ3n) is 3.49. The average Bonchev–Trinajstić information content (AvgIpc) is 2.71. The third kappa shape index (κ3) is 5.34. The van der Waals surface area contributed by atoms with Gasteiger partial charge in [0.1, 0.15) is 0 Å². The number of rotatable bonds is 8. The Kier molecular flexibility index (Phi) is 7.04. The first kappa shape index (κ1) is 14.9. The monoisotopic (exact) mass is 243 g/mol. The Bertz CT molecular complexity index is 199. The Labute approximate surface area is 106 Å². The third-order valence-corrected chi connectivity index (χ3v) is 3.49. The molecule has 2 unspecified atom stereocenters. The smallest absolute Gasteiger partial charge is 0.0587 e. The van der Waals surface area contributed by atoms with E-state index >= 15 is 0 Å². The van der Waals surface area contributed by atoms with Crippen molar-refractivity contribution < 1.29 is 4.74 Å². The van der Waals surface area contributed by atoms with E-state index in [1.165, 1.54) is 25.9 Å². The molecule has 0 bridgehead atoms. The predicted molar refractivity (Wildman–Crippen MR) is 72.5 cm³/mol. The Morgan fingerprint density at radius 2 is 2.24 bits per heavy atom. The summed E-state index contributed by atoms with van der Waals surface area (Å²) in [5, 5.41) is 3.46. The number of likely N-dealkylation sites (N-methyl/N-ethyl adjacent to an activating group) is 1. The summed E-state index contributed by atoms with van der Waals surface area (Å²) in [6.45, 7) is 7.58. The first-order valence-electron chi connectivity index (χ1n) is 6.75. The quantitative estimate of drug-likeness (QED) is 0.633. The maximum atomic E-state index is 5.04. The van der Waals surface area contributed by atoms with Crippen LogP contribution in [0.4, 0.5) is 0 Å². The van der Waals surface area contributed by atoms with Gasteiger partial charge in [-0.3, -0.25) is 4.90 Å². The summed E-state index contributed by atoms with van der Waals surface area (Å²) in [6.07, 6.45) is 2.70. The van der Waals surface area contributed by atoms with E-state index in [9.17, 15) is 0 Å². The molecule has 0 spiro atoms. The topological polar surface area (TPSA) is 27.7 Å². The van der Waals surface area contributed by atoms with Crippen LogP contribution in [0.3, 0.4) is 0 Å². The SMILES string of the molecule is COCCNCC(C)N1CCCC1CN(C)C. The molecule has 4 heteroatoms. The summed E-state index contributed by atoms with van der Waals surface area (Å²) in [5.41, 5.74) is 0. The number of hydrogen-bond donors (Lipinski definition) is 1. The van der Waals surface area contributed by atoms with Crippen LogP contribution >= 0.6 is 0 Å². The van der Waals surface area contributed by atoms with Crippen LogP contribution in [-0.2, 0) is 4.74 Å². The van der Waals surface area contributed by atoms with Crippen molar-refractivity contribution in [2.45, 2.75) is 31.8 Å². The molecule has 1 rings (SSSR count). The number of methoxy groups -OCH3 is 1. The van der Waals surface area contributed by atoms with Crippen molar-refractivity contribution >= 4 is 0 Å². The molecule has 0 aromatic heterocycles. The number of nitrogens with zero attached hydrogens (tertiary/aromatic N) is 2. The molecule has 1 heterocycles. The molecule has 1 aliphatic rings. The molecule has 0 amide bonds. The minimum absolute atomic E-state index is 0.624. The molecule has 1 aliphatic heterocycles. The van der Waals surface area contributed by atoms with Gasteiger partial charge in [-0.1, -0.05) is 0 Å². The minimum Gasteiger partial charge on any atom is -0.383 e. The van der Waals surface area contributed by atoms with Gasteiger partial charge in [-0.25, -0.2) is 0 Å². The van der Waals surface area contributed by atoms with Crippen LogP contribution in [0, 0.1) is 0 Å². The van der Waals surface area contributed by atoms with Crippen molar-refractivity contribution in [1.29, 1.82) is 0 Å². The van der Waals surface area contributed by atoms with Crippen LogP contribution in [0.15, 0.2) is 0 Å². The maximum Gasteiger partial charge on any atom is 0.0587 e. The number of hydrogen-bond acceptors (Lipinski definition) is 4. The highest BCUT2D eigenvalue weighted by Gasteiger charge is 2.28. The van der Waals surface area contributed by atoms with Crippen LogP contribution in [0.5, 0.6) is 0 Å². The van der Waals surface area contributed by atoms with Crippen LogP contribution in [0.1, 0.15) is 19.8 Å². The van der Waals surface area contributed by atoms with E-state index in [4.69, 9.17) is 4.74 Å². The van der Waals surface area contributed by atoms with E-state index in [0.29, 0.717) is 6.04 Å². The van der Waals surface area contributed by atoms with Crippen molar-refractivity contribution in [3.8, 4) is 0 Å². The van der Waals surface area contributed by atoms with Gasteiger partial charge in [-0.15, -0.1) is 0 Å². The number of nitrogens with one attached hydrogen (secondary N) is 1. The van der Waals surface area contributed by atoms with Crippen molar-refractivity contribution in [3.05, 3.63) is 0 Å². The lowest BCUT2D eigenvalue weighted by molar-refractivity contribution is 0.153. The van der Waals surface area contributed by atoms with Gasteiger partial charge >= 0.3 is 0 Å². The molecule has 17 heavy (non-hydrogen) atoms. The Morgan fingerprint density at radius 3 is 2.88 bits per heavy atom. The summed E-state index contributed by atoms with van der Waals surface area (Å²) >= 11 is 0. The van der Waals surface area contributed by atoms with E-state index < -0.39 is 0 Å². The van der Waals surface area contributed by atoms with E-state index in [2.05, 4.69) is 36.1 Å². The standard InChI is InChI=1S/C13H29N3O/c1-12(10-14-7-9-17-4)16-8-5-6-13(16)11-15(2)3/h12-14H,5-11H2,1-4H3. The van der Waals surface area contributed by atoms with Crippen LogP contribution in [0.2, 0.25) is 0 Å². The maximum absolute atomic E-state index is 5.04. The zero-order valence-electron chi connectivity index (χ0n) is 11.9. The van der Waals surface area contributed by atoms with Crippen LogP contribution in [0.25, 0.3) is 0 Å². The molecular weight excluding hydrogens is 214 g/mol. The predicted octanol–water partition coefficient (Wildman–Crippen LogP) is 0.637. The number of likely N-dealkylation sites (tertiary alicyclic amines) is 1. The fourth-order valence-electron chi connectivity index (χ4n) is 2.66. The summed E-state index contributed by atoms with van der Waals surface area (Å²) < 4.78 is 5.04. The molecule has 102 valence electrons. The number of ether oxygens (including phenoxy) is 1. The van der Waals surface area contributed by atoms with Crippen molar-refractivity contribution in [3.63, 3.8) is 0 Å². The van der Waals surface area contributed by atoms with Gasteiger partial charge in [0.25, 0.3) is 0 Å². The van der Waals surface area contributed by atoms with Gasteiger partial charge in [-0.05, 0) is 40.4 Å². The zero-order chi connectivity index (χ0) is 12.7. The summed E-state index contributed by atoms with van der Waals surface area (Å²) in [6, 6.07) is 1.36. The Hall–Kier alpha value is -0.160. The second-order valence-corrected chi connectivity index (χ2v) is 5.34. The lowest BCUT2D eigenvalue weighted by atomic mass is 10.2. The largest absolute Gasteiger partial charge is 0.383 e. The summed E-state index contributed by atoms with van der Waals surface area (Å²) in [7, 11) is 6.08. The van der Waals surface area contributed by atoms with Gasteiger partial charge in [0.05, 0.1) is 6.61 Å². The highest BCUT2D eigenvalue weighted by atomic mass is 16.5. The molecule has 1 saturated heterocycles. The second kappa shape index (κ2) is 8.03. The van der Waals surface area contributed by atoms with E-state index in [0.717, 1.165) is 25.7 Å². The van der Waals surface area contributed by atoms with E-state index in [1.54, 1.807) is 7.11 Å². The normalized spacial score (nSPS) is 23.5. The Balaban J connectivity index is 2.26. The molecule has 1 fully saturated rings. The lowest BCUT2D eigenvalue weighted by Crippen LogP contribution is -2.46. The molecule has 1 N–H and O–H groups in total. The first-order valence-corrected chi connectivity index (χ1v) is 6.75. The van der Waals surface area contributed by atoms with E-state index in [-0.39, 0.29) is 0 Å². The summed E-state index contributed by atoms with van der Waals surface area (Å²) in [4.78, 5) is 4.95. The Morgan fingerprint density at radius 1 is 1.47 bits per heavy atom. The van der Waals surface area contributed by atoms with Crippen molar-refractivity contribution in [1.82, 2.24) is 15.1 Å². The second-order valence-electron chi connectivity index (χ2n) is 5.34. The highest BCUT2D eigenvalue weighted by Crippen LogP contribution is 2.20. The van der Waals surface area contributed by atoms with Crippen LogP contribution in [-0.4, -0.2) is 75.9 Å². The molecule has 2 atom stereocenters. The first-order chi connectivity index (χ1) is 8.15. The lowest BCUT2D eigenvalue weighted by Gasteiger charge is -2.32. The molecule has 0 aromatic rings. The van der Waals surface area contributed by atoms with Gasteiger partial charge < -0.3 is 15.0 Å². The summed E-state index contributed by atoms with van der Waals surface area (Å²) in [5.74, 6) is 0. The molecule has 0 radical (unpaired) electrons. The fraction of sp³-hybridized carbons (Fsp3) is 1.00. The zero-order valence-corrected chi connectivity index (χ0v) is 11.9. The molecule has 0 aromatic carbocycles. The molecular formula is C13H29N3O. The minimum atomic E-state index is 0.624. The molecule has 4 nitrogen and oxygen atoms in total. The fourth-order valence-corrected chi connectivity index (χ4v) is 2.66. The van der Waals surface area contributed by atoms with Gasteiger partial charge in [0.15, 0.2) is 0 Å². The highest BCUT2D eigenvalue weighted by molar-refractivity contribution is 4.85. The van der Waals surface area contributed by atoms with Gasteiger partial charge in [0.2, 0.25) is 0 Å².